The van der Waals surface area contributed by atoms with Gasteiger partial charge >= 0.3 is 0 Å². The monoisotopic (exact) mass is 232 g/mol. The van der Waals surface area contributed by atoms with E-state index < -0.39 is 0 Å². The van der Waals surface area contributed by atoms with E-state index in [1.807, 2.05) is 6.07 Å². The molecule has 0 aromatic carbocycles. The van der Waals surface area contributed by atoms with Crippen LogP contribution in [0.15, 0.2) is 6.07 Å². The van der Waals surface area contributed by atoms with Crippen molar-refractivity contribution in [2.24, 2.45) is 0 Å². The largest absolute Gasteiger partial charge is 0.384 e. The first kappa shape index (κ1) is 10.8. The zero-order chi connectivity index (χ0) is 11.9. The fourth-order valence-electron chi connectivity index (χ4n) is 2.52. The molecule has 4 nitrogen and oxygen atoms in total. The van der Waals surface area contributed by atoms with Crippen molar-refractivity contribution in [3.8, 4) is 0 Å². The maximum atomic E-state index is 5.85. The van der Waals surface area contributed by atoms with Crippen molar-refractivity contribution in [3.63, 3.8) is 0 Å². The molecule has 0 bridgehead atoms. The number of nitrogens with zero attached hydrogens (tertiary/aromatic N) is 2. The van der Waals surface area contributed by atoms with Crippen LogP contribution in [0.1, 0.15) is 57.2 Å². The summed E-state index contributed by atoms with van der Waals surface area (Å²) in [7, 11) is 0. The van der Waals surface area contributed by atoms with Crippen LogP contribution in [0.4, 0.5) is 11.6 Å². The number of aromatic nitrogens is 2. The van der Waals surface area contributed by atoms with Gasteiger partial charge in [-0.15, -0.1) is 0 Å². The summed E-state index contributed by atoms with van der Waals surface area (Å²) >= 11 is 0. The van der Waals surface area contributed by atoms with Gasteiger partial charge < -0.3 is 11.1 Å². The van der Waals surface area contributed by atoms with Gasteiger partial charge in [-0.3, -0.25) is 0 Å². The van der Waals surface area contributed by atoms with Crippen LogP contribution >= 0.6 is 0 Å². The Labute approximate surface area is 102 Å². The van der Waals surface area contributed by atoms with Gasteiger partial charge in [0.05, 0.1) is 0 Å². The highest BCUT2D eigenvalue weighted by Crippen LogP contribution is 2.40. The lowest BCUT2D eigenvalue weighted by Crippen LogP contribution is -2.44. The molecule has 0 spiro atoms. The normalized spacial score (nSPS) is 21.9. The number of nitrogen functional groups attached to an aromatic ring is 1. The molecule has 0 aliphatic heterocycles. The van der Waals surface area contributed by atoms with Crippen molar-refractivity contribution in [2.75, 3.05) is 11.1 Å². The first-order chi connectivity index (χ1) is 8.21. The molecular formula is C13H20N4. The lowest BCUT2D eigenvalue weighted by molar-refractivity contribution is 0.268. The van der Waals surface area contributed by atoms with Crippen LogP contribution in [0.5, 0.6) is 0 Å². The smallest absolute Gasteiger partial charge is 0.136 e. The van der Waals surface area contributed by atoms with Gasteiger partial charge in [-0.05, 0) is 38.5 Å². The van der Waals surface area contributed by atoms with Crippen molar-refractivity contribution in [2.45, 2.75) is 56.9 Å². The van der Waals surface area contributed by atoms with E-state index in [-0.39, 0.29) is 5.54 Å². The Morgan fingerprint density at radius 2 is 2.18 bits per heavy atom. The second-order valence-corrected chi connectivity index (χ2v) is 5.42. The molecule has 0 radical (unpaired) electrons. The second-order valence-electron chi connectivity index (χ2n) is 5.42. The fraction of sp³-hybridized carbons (Fsp3) is 0.692. The third-order valence-electron chi connectivity index (χ3n) is 4.09. The number of hydrogen-bond donors (Lipinski definition) is 2. The highest BCUT2D eigenvalue weighted by Gasteiger charge is 2.35. The van der Waals surface area contributed by atoms with E-state index in [0.717, 1.165) is 18.1 Å². The molecular weight excluding hydrogens is 212 g/mol. The van der Waals surface area contributed by atoms with Gasteiger partial charge in [-0.1, -0.05) is 6.92 Å². The average Bonchev–Trinajstić information content (AvgIpc) is 3.06. The number of rotatable bonds is 4. The topological polar surface area (TPSA) is 63.8 Å². The molecule has 0 atom stereocenters. The quantitative estimate of drug-likeness (QED) is 0.837. The molecule has 92 valence electrons. The number of nitrogens with one attached hydrogen (secondary N) is 1. The lowest BCUT2D eigenvalue weighted by Gasteiger charge is -2.42. The highest BCUT2D eigenvalue weighted by atomic mass is 15.1. The van der Waals surface area contributed by atoms with E-state index in [0.29, 0.717) is 11.7 Å². The van der Waals surface area contributed by atoms with Gasteiger partial charge in [0.2, 0.25) is 0 Å². The van der Waals surface area contributed by atoms with Crippen LogP contribution < -0.4 is 11.1 Å². The Hall–Kier alpha value is -1.32. The molecule has 3 N–H and O–H groups in total. The summed E-state index contributed by atoms with van der Waals surface area (Å²) in [5, 5.41) is 3.57. The Bertz CT molecular complexity index is 416. The molecule has 2 aliphatic rings. The first-order valence-corrected chi connectivity index (χ1v) is 6.63. The minimum absolute atomic E-state index is 0.265. The first-order valence-electron chi connectivity index (χ1n) is 6.63. The van der Waals surface area contributed by atoms with Gasteiger partial charge in [0.15, 0.2) is 0 Å². The van der Waals surface area contributed by atoms with E-state index in [2.05, 4.69) is 22.2 Å². The van der Waals surface area contributed by atoms with Crippen molar-refractivity contribution < 1.29 is 0 Å². The SMILES string of the molecule is CCC1(Nc2cc(N)nc(C3CC3)n2)CCC1. The van der Waals surface area contributed by atoms with Crippen LogP contribution in [0.25, 0.3) is 0 Å². The summed E-state index contributed by atoms with van der Waals surface area (Å²) in [5.74, 6) is 2.99. The van der Waals surface area contributed by atoms with Gasteiger partial charge in [-0.25, -0.2) is 9.97 Å². The number of hydrogen-bond acceptors (Lipinski definition) is 4. The van der Waals surface area contributed by atoms with E-state index in [1.54, 1.807) is 0 Å². The van der Waals surface area contributed by atoms with Gasteiger partial charge in [0.25, 0.3) is 0 Å². The number of anilines is 2. The summed E-state index contributed by atoms with van der Waals surface area (Å²) in [4.78, 5) is 8.93. The summed E-state index contributed by atoms with van der Waals surface area (Å²) in [6.45, 7) is 2.23. The van der Waals surface area contributed by atoms with Crippen molar-refractivity contribution in [1.82, 2.24) is 9.97 Å². The summed E-state index contributed by atoms with van der Waals surface area (Å²) < 4.78 is 0. The fourth-order valence-corrected chi connectivity index (χ4v) is 2.52. The maximum absolute atomic E-state index is 5.85. The van der Waals surface area contributed by atoms with Crippen molar-refractivity contribution in [1.29, 1.82) is 0 Å². The molecule has 0 amide bonds. The summed E-state index contributed by atoms with van der Waals surface area (Å²) in [5.41, 5.74) is 6.12. The summed E-state index contributed by atoms with van der Waals surface area (Å²) in [6.07, 6.45) is 7.37. The van der Waals surface area contributed by atoms with E-state index in [9.17, 15) is 0 Å². The Morgan fingerprint density at radius 1 is 1.41 bits per heavy atom. The second kappa shape index (κ2) is 3.86. The molecule has 1 aromatic heterocycles. The molecule has 2 saturated carbocycles. The van der Waals surface area contributed by atoms with Gasteiger partial charge in [0, 0.05) is 17.5 Å². The third kappa shape index (κ3) is 2.08. The average molecular weight is 232 g/mol. The van der Waals surface area contributed by atoms with Gasteiger partial charge in [-0.2, -0.15) is 0 Å². The maximum Gasteiger partial charge on any atom is 0.136 e. The van der Waals surface area contributed by atoms with Crippen molar-refractivity contribution in [3.05, 3.63) is 11.9 Å². The van der Waals surface area contributed by atoms with Crippen LogP contribution in [-0.4, -0.2) is 15.5 Å². The predicted molar refractivity (Wildman–Crippen MR) is 68.9 cm³/mol. The Balaban J connectivity index is 1.82. The molecule has 0 saturated heterocycles. The zero-order valence-electron chi connectivity index (χ0n) is 10.4. The van der Waals surface area contributed by atoms with Crippen LogP contribution in [-0.2, 0) is 0 Å². The molecule has 4 heteroatoms. The minimum atomic E-state index is 0.265. The molecule has 3 rings (SSSR count). The molecule has 2 aliphatic carbocycles. The molecule has 2 fully saturated rings. The van der Waals surface area contributed by atoms with Gasteiger partial charge in [0.1, 0.15) is 17.5 Å². The van der Waals surface area contributed by atoms with Crippen LogP contribution in [0, 0.1) is 0 Å². The highest BCUT2D eigenvalue weighted by molar-refractivity contribution is 5.47. The Morgan fingerprint density at radius 3 is 2.71 bits per heavy atom. The third-order valence-corrected chi connectivity index (χ3v) is 4.09. The van der Waals surface area contributed by atoms with E-state index >= 15 is 0 Å². The number of nitrogens with two attached hydrogens (primary N) is 1. The molecule has 17 heavy (non-hydrogen) atoms. The molecule has 0 unspecified atom stereocenters. The lowest BCUT2D eigenvalue weighted by atomic mass is 9.75. The standard InChI is InChI=1S/C13H20N4/c1-2-13(6-3-7-13)17-11-8-10(14)15-12(16-11)9-4-5-9/h8-9H,2-7H2,1H3,(H3,14,15,16,17). The predicted octanol–water partition coefficient (Wildman–Crippen LogP) is 2.68. The van der Waals surface area contributed by atoms with E-state index in [4.69, 9.17) is 5.73 Å². The van der Waals surface area contributed by atoms with E-state index in [1.165, 1.54) is 32.1 Å². The summed E-state index contributed by atoms with van der Waals surface area (Å²) in [6, 6.07) is 1.86. The van der Waals surface area contributed by atoms with Crippen LogP contribution in [0.2, 0.25) is 0 Å². The molecule has 1 heterocycles. The molecule has 1 aromatic rings. The Kier molecular flexibility index (Phi) is 2.45. The van der Waals surface area contributed by atoms with Crippen LogP contribution in [0.3, 0.4) is 0 Å². The zero-order valence-corrected chi connectivity index (χ0v) is 10.4. The minimum Gasteiger partial charge on any atom is -0.384 e. The van der Waals surface area contributed by atoms with Crippen molar-refractivity contribution >= 4 is 11.6 Å².